The Labute approximate surface area is 110 Å². The van der Waals surface area contributed by atoms with Crippen LogP contribution in [0.2, 0.25) is 0 Å². The van der Waals surface area contributed by atoms with Crippen LogP contribution in [0.25, 0.3) is 0 Å². The Bertz CT molecular complexity index is 512. The molecule has 1 aromatic heterocycles. The van der Waals surface area contributed by atoms with E-state index in [2.05, 4.69) is 10.3 Å². The van der Waals surface area contributed by atoms with Crippen LogP contribution in [0.3, 0.4) is 0 Å². The third-order valence-electron chi connectivity index (χ3n) is 2.19. The van der Waals surface area contributed by atoms with E-state index in [9.17, 15) is 9.59 Å². The van der Waals surface area contributed by atoms with Crippen LogP contribution in [-0.4, -0.2) is 43.2 Å². The van der Waals surface area contributed by atoms with Crippen molar-refractivity contribution >= 4 is 23.3 Å². The molecule has 19 heavy (non-hydrogen) atoms. The highest BCUT2D eigenvalue weighted by molar-refractivity contribution is 6.04. The zero-order chi connectivity index (χ0) is 14.4. The first kappa shape index (κ1) is 14.5. The molecule has 1 aromatic rings. The van der Waals surface area contributed by atoms with Crippen LogP contribution in [0, 0.1) is 0 Å². The van der Waals surface area contributed by atoms with Crippen molar-refractivity contribution in [3.05, 3.63) is 24.4 Å². The number of ether oxygens (including phenoxy) is 1. The second-order valence-corrected chi connectivity index (χ2v) is 3.77. The fourth-order valence-corrected chi connectivity index (χ4v) is 1.39. The minimum Gasteiger partial charge on any atom is -0.479 e. The van der Waals surface area contributed by atoms with Gasteiger partial charge in [0.15, 0.2) is 0 Å². The lowest BCUT2D eigenvalue weighted by molar-refractivity contribution is -0.131. The summed E-state index contributed by atoms with van der Waals surface area (Å²) in [7, 11) is 5.04. The smallest absolute Gasteiger partial charge is 0.328 e. The highest BCUT2D eigenvalue weighted by atomic mass is 16.5. The van der Waals surface area contributed by atoms with E-state index in [0.29, 0.717) is 11.4 Å². The number of carboxylic acid groups (broad SMARTS) is 1. The molecular formula is C12H15N3O4. The molecule has 2 N–H and O–H groups in total. The molecule has 0 saturated heterocycles. The predicted molar refractivity (Wildman–Crippen MR) is 70.5 cm³/mol. The number of amides is 1. The topological polar surface area (TPSA) is 91.8 Å². The van der Waals surface area contributed by atoms with Crippen LogP contribution in [0.1, 0.15) is 0 Å². The normalized spacial score (nSPS) is 10.3. The van der Waals surface area contributed by atoms with E-state index in [1.54, 1.807) is 31.3 Å². The quantitative estimate of drug-likeness (QED) is 0.763. The molecule has 0 fully saturated rings. The molecule has 0 aliphatic carbocycles. The Morgan fingerprint density at radius 1 is 1.42 bits per heavy atom. The number of aliphatic carboxylic acids is 1. The fraction of sp³-hybridized carbons (Fsp3) is 0.250. The zero-order valence-corrected chi connectivity index (χ0v) is 10.9. The van der Waals surface area contributed by atoms with Gasteiger partial charge in [-0.15, -0.1) is 0 Å². The number of hydrogen-bond acceptors (Lipinski definition) is 5. The van der Waals surface area contributed by atoms with Gasteiger partial charge in [-0.1, -0.05) is 0 Å². The molecule has 7 nitrogen and oxygen atoms in total. The molecule has 1 heterocycles. The Balaban J connectivity index is 3.04. The number of aromatic nitrogens is 1. The molecule has 0 saturated carbocycles. The lowest BCUT2D eigenvalue weighted by Gasteiger charge is -2.18. The highest BCUT2D eigenvalue weighted by Crippen LogP contribution is 2.31. The molecule has 0 radical (unpaired) electrons. The molecule has 0 atom stereocenters. The average molecular weight is 265 g/mol. The number of pyridine rings is 1. The third kappa shape index (κ3) is 3.98. The summed E-state index contributed by atoms with van der Waals surface area (Å²) in [5, 5.41) is 11.0. The molecule has 1 rings (SSSR count). The van der Waals surface area contributed by atoms with Gasteiger partial charge in [0.1, 0.15) is 5.69 Å². The zero-order valence-electron chi connectivity index (χ0n) is 10.9. The van der Waals surface area contributed by atoms with Crippen LogP contribution < -0.4 is 15.0 Å². The van der Waals surface area contributed by atoms with Gasteiger partial charge in [-0.05, 0) is 6.07 Å². The number of methoxy groups -OCH3 is 1. The van der Waals surface area contributed by atoms with Crippen LogP contribution >= 0.6 is 0 Å². The largest absolute Gasteiger partial charge is 0.479 e. The number of hydrogen-bond donors (Lipinski definition) is 2. The molecule has 0 spiro atoms. The first-order valence-electron chi connectivity index (χ1n) is 5.38. The summed E-state index contributed by atoms with van der Waals surface area (Å²) < 4.78 is 5.07. The minimum atomic E-state index is -1.19. The van der Waals surface area contributed by atoms with Gasteiger partial charge < -0.3 is 20.1 Å². The summed E-state index contributed by atoms with van der Waals surface area (Å²) in [4.78, 5) is 27.7. The molecule has 0 unspecified atom stereocenters. The van der Waals surface area contributed by atoms with E-state index in [4.69, 9.17) is 9.84 Å². The molecule has 0 aliphatic heterocycles. The van der Waals surface area contributed by atoms with Gasteiger partial charge >= 0.3 is 5.97 Å². The average Bonchev–Trinajstić information content (AvgIpc) is 2.36. The van der Waals surface area contributed by atoms with Crippen LogP contribution in [0.15, 0.2) is 24.4 Å². The summed E-state index contributed by atoms with van der Waals surface area (Å²) in [6, 6.07) is 1.71. The number of carbonyl (C=O) groups is 2. The van der Waals surface area contributed by atoms with Crippen molar-refractivity contribution in [2.45, 2.75) is 0 Å². The summed E-state index contributed by atoms with van der Waals surface area (Å²) in [6.45, 7) is 0. The first-order chi connectivity index (χ1) is 8.95. The molecule has 0 aromatic carbocycles. The number of anilines is 2. The number of nitrogens with one attached hydrogen (secondary N) is 1. The van der Waals surface area contributed by atoms with Crippen LogP contribution in [0.4, 0.5) is 11.4 Å². The van der Waals surface area contributed by atoms with Crippen molar-refractivity contribution in [3.63, 3.8) is 0 Å². The number of rotatable bonds is 5. The molecule has 102 valence electrons. The van der Waals surface area contributed by atoms with E-state index < -0.39 is 11.9 Å². The second kappa shape index (κ2) is 6.39. The van der Waals surface area contributed by atoms with Crippen molar-refractivity contribution in [3.8, 4) is 5.88 Å². The standard InChI is InChI=1S/C12H15N3O4/c1-15(2)8-6-7-13-12(19-3)11(8)14-9(16)4-5-10(17)18/h4-7H,1-3H3,(H,14,16)(H,17,18)/b5-4+. The predicted octanol–water partition coefficient (Wildman–Crippen LogP) is 0.735. The highest BCUT2D eigenvalue weighted by Gasteiger charge is 2.13. The Morgan fingerprint density at radius 2 is 2.11 bits per heavy atom. The van der Waals surface area contributed by atoms with E-state index in [1.807, 2.05) is 0 Å². The summed E-state index contributed by atoms with van der Waals surface area (Å²) in [6.07, 6.45) is 3.23. The summed E-state index contributed by atoms with van der Waals surface area (Å²) in [5.41, 5.74) is 1.08. The maximum atomic E-state index is 11.6. The van der Waals surface area contributed by atoms with Crippen molar-refractivity contribution in [1.82, 2.24) is 4.98 Å². The summed E-state index contributed by atoms with van der Waals surface area (Å²) in [5.74, 6) is -1.51. The maximum Gasteiger partial charge on any atom is 0.328 e. The van der Waals surface area contributed by atoms with E-state index in [1.165, 1.54) is 7.11 Å². The van der Waals surface area contributed by atoms with Crippen molar-refractivity contribution < 1.29 is 19.4 Å². The Kier molecular flexibility index (Phi) is 4.87. The van der Waals surface area contributed by atoms with Gasteiger partial charge in [0.05, 0.1) is 12.8 Å². The summed E-state index contributed by atoms with van der Waals surface area (Å²) >= 11 is 0. The minimum absolute atomic E-state index is 0.253. The first-order valence-corrected chi connectivity index (χ1v) is 5.38. The Hall–Kier alpha value is -2.57. The van der Waals surface area contributed by atoms with E-state index >= 15 is 0 Å². The monoisotopic (exact) mass is 265 g/mol. The molecule has 0 aliphatic rings. The SMILES string of the molecule is COc1nccc(N(C)C)c1NC(=O)/C=C/C(=O)O. The number of carboxylic acids is 1. The van der Waals surface area contributed by atoms with Gasteiger partial charge in [-0.25, -0.2) is 9.78 Å². The van der Waals surface area contributed by atoms with Gasteiger partial charge in [0.2, 0.25) is 11.8 Å². The maximum absolute atomic E-state index is 11.6. The van der Waals surface area contributed by atoms with Gasteiger partial charge in [-0.2, -0.15) is 0 Å². The molecule has 7 heteroatoms. The van der Waals surface area contributed by atoms with E-state index in [0.717, 1.165) is 12.2 Å². The fourth-order valence-electron chi connectivity index (χ4n) is 1.39. The third-order valence-corrected chi connectivity index (χ3v) is 2.19. The lowest BCUT2D eigenvalue weighted by atomic mass is 10.3. The van der Waals surface area contributed by atoms with Crippen molar-refractivity contribution in [2.75, 3.05) is 31.4 Å². The van der Waals surface area contributed by atoms with Gasteiger partial charge in [-0.3, -0.25) is 4.79 Å². The van der Waals surface area contributed by atoms with Crippen LogP contribution in [-0.2, 0) is 9.59 Å². The second-order valence-electron chi connectivity index (χ2n) is 3.77. The molecule has 0 bridgehead atoms. The number of nitrogens with zero attached hydrogens (tertiary/aromatic N) is 2. The number of carbonyl (C=O) groups excluding carboxylic acids is 1. The molecular weight excluding hydrogens is 250 g/mol. The Morgan fingerprint density at radius 3 is 2.63 bits per heavy atom. The van der Waals surface area contributed by atoms with Gasteiger partial charge in [0.25, 0.3) is 0 Å². The van der Waals surface area contributed by atoms with E-state index in [-0.39, 0.29) is 5.88 Å². The van der Waals surface area contributed by atoms with Gasteiger partial charge in [0, 0.05) is 32.4 Å². The molecule has 1 amide bonds. The van der Waals surface area contributed by atoms with Crippen LogP contribution in [0.5, 0.6) is 5.88 Å². The lowest BCUT2D eigenvalue weighted by Crippen LogP contribution is -2.16. The van der Waals surface area contributed by atoms with Crippen molar-refractivity contribution in [2.24, 2.45) is 0 Å². The van der Waals surface area contributed by atoms with Crippen molar-refractivity contribution in [1.29, 1.82) is 0 Å².